The SMILES string of the molecule is Cc1cc(C#N)ccc1CSCCC(C)C. The Morgan fingerprint density at radius 1 is 1.38 bits per heavy atom. The highest BCUT2D eigenvalue weighted by molar-refractivity contribution is 7.98. The highest BCUT2D eigenvalue weighted by atomic mass is 32.2. The van der Waals surface area contributed by atoms with E-state index in [2.05, 4.69) is 32.9 Å². The fourth-order valence-corrected chi connectivity index (χ4v) is 2.75. The number of hydrogen-bond acceptors (Lipinski definition) is 2. The molecule has 2 heteroatoms. The molecule has 1 aromatic carbocycles. The highest BCUT2D eigenvalue weighted by Gasteiger charge is 2.01. The Bertz CT molecular complexity index is 377. The summed E-state index contributed by atoms with van der Waals surface area (Å²) in [4.78, 5) is 0. The molecule has 0 saturated carbocycles. The molecule has 16 heavy (non-hydrogen) atoms. The molecule has 1 aromatic rings. The number of thioether (sulfide) groups is 1. The van der Waals surface area contributed by atoms with Crippen molar-refractivity contribution in [1.29, 1.82) is 5.26 Å². The predicted molar refractivity (Wildman–Crippen MR) is 71.5 cm³/mol. The van der Waals surface area contributed by atoms with E-state index in [1.165, 1.54) is 23.3 Å². The summed E-state index contributed by atoms with van der Waals surface area (Å²) in [7, 11) is 0. The lowest BCUT2D eigenvalue weighted by molar-refractivity contribution is 0.632. The van der Waals surface area contributed by atoms with Crippen LogP contribution in [-0.4, -0.2) is 5.75 Å². The number of benzene rings is 1. The van der Waals surface area contributed by atoms with Crippen LogP contribution in [0.4, 0.5) is 0 Å². The monoisotopic (exact) mass is 233 g/mol. The van der Waals surface area contributed by atoms with Gasteiger partial charge in [0, 0.05) is 5.75 Å². The molecule has 0 bridgehead atoms. The lowest BCUT2D eigenvalue weighted by atomic mass is 10.1. The van der Waals surface area contributed by atoms with Crippen molar-refractivity contribution in [2.45, 2.75) is 32.9 Å². The number of aryl methyl sites for hydroxylation is 1. The van der Waals surface area contributed by atoms with Gasteiger partial charge in [0.15, 0.2) is 0 Å². The fourth-order valence-electron chi connectivity index (χ4n) is 1.43. The predicted octanol–water partition coefficient (Wildman–Crippen LogP) is 4.15. The van der Waals surface area contributed by atoms with Crippen molar-refractivity contribution in [2.75, 3.05) is 5.75 Å². The van der Waals surface area contributed by atoms with Crippen molar-refractivity contribution in [1.82, 2.24) is 0 Å². The molecular formula is C14H19NS. The first-order valence-corrected chi connectivity index (χ1v) is 6.86. The first-order valence-electron chi connectivity index (χ1n) is 5.71. The molecule has 0 aromatic heterocycles. The van der Waals surface area contributed by atoms with Gasteiger partial charge in [0.2, 0.25) is 0 Å². The summed E-state index contributed by atoms with van der Waals surface area (Å²) >= 11 is 1.98. The molecule has 0 atom stereocenters. The third kappa shape index (κ3) is 4.28. The van der Waals surface area contributed by atoms with Gasteiger partial charge >= 0.3 is 0 Å². The minimum absolute atomic E-state index is 0.758. The zero-order valence-electron chi connectivity index (χ0n) is 10.3. The third-order valence-corrected chi connectivity index (χ3v) is 3.61. The quantitative estimate of drug-likeness (QED) is 0.713. The van der Waals surface area contributed by atoms with Crippen molar-refractivity contribution in [3.8, 4) is 6.07 Å². The summed E-state index contributed by atoms with van der Waals surface area (Å²) < 4.78 is 0. The number of hydrogen-bond donors (Lipinski definition) is 0. The van der Waals surface area contributed by atoms with Crippen LogP contribution in [0, 0.1) is 24.2 Å². The van der Waals surface area contributed by atoms with Gasteiger partial charge in [-0.3, -0.25) is 0 Å². The molecular weight excluding hydrogens is 214 g/mol. The summed E-state index contributed by atoms with van der Waals surface area (Å²) in [5, 5.41) is 8.77. The summed E-state index contributed by atoms with van der Waals surface area (Å²) in [6, 6.07) is 8.13. The minimum Gasteiger partial charge on any atom is -0.192 e. The molecule has 0 radical (unpaired) electrons. The molecule has 1 rings (SSSR count). The maximum atomic E-state index is 8.77. The average molecular weight is 233 g/mol. The topological polar surface area (TPSA) is 23.8 Å². The van der Waals surface area contributed by atoms with E-state index in [0.717, 1.165) is 17.2 Å². The van der Waals surface area contributed by atoms with Crippen molar-refractivity contribution in [3.63, 3.8) is 0 Å². The maximum absolute atomic E-state index is 8.77. The summed E-state index contributed by atoms with van der Waals surface area (Å²) in [5.41, 5.74) is 3.34. The van der Waals surface area contributed by atoms with Crippen LogP contribution < -0.4 is 0 Å². The molecule has 0 aliphatic carbocycles. The highest BCUT2D eigenvalue weighted by Crippen LogP contribution is 2.19. The van der Waals surface area contributed by atoms with Crippen LogP contribution in [0.25, 0.3) is 0 Å². The molecule has 0 heterocycles. The van der Waals surface area contributed by atoms with Gasteiger partial charge in [-0.15, -0.1) is 0 Å². The zero-order chi connectivity index (χ0) is 12.0. The number of nitriles is 1. The summed E-state index contributed by atoms with van der Waals surface area (Å²) in [5.74, 6) is 3.07. The van der Waals surface area contributed by atoms with Gasteiger partial charge in [0.25, 0.3) is 0 Å². The Hall–Kier alpha value is -0.940. The molecule has 0 spiro atoms. The van der Waals surface area contributed by atoms with Crippen LogP contribution in [0.1, 0.15) is 37.0 Å². The van der Waals surface area contributed by atoms with Crippen LogP contribution in [-0.2, 0) is 5.75 Å². The first kappa shape index (κ1) is 13.1. The smallest absolute Gasteiger partial charge is 0.0991 e. The number of rotatable bonds is 5. The Labute approximate surface area is 103 Å². The van der Waals surface area contributed by atoms with Crippen molar-refractivity contribution in [3.05, 3.63) is 34.9 Å². The van der Waals surface area contributed by atoms with Gasteiger partial charge < -0.3 is 0 Å². The van der Waals surface area contributed by atoms with Gasteiger partial charge in [0.05, 0.1) is 11.6 Å². The Morgan fingerprint density at radius 2 is 2.12 bits per heavy atom. The second kappa shape index (κ2) is 6.60. The number of nitrogens with zero attached hydrogens (tertiary/aromatic N) is 1. The molecule has 0 amide bonds. The first-order chi connectivity index (χ1) is 7.63. The average Bonchev–Trinajstić information content (AvgIpc) is 2.25. The second-order valence-electron chi connectivity index (χ2n) is 4.49. The van der Waals surface area contributed by atoms with E-state index in [4.69, 9.17) is 5.26 Å². The van der Waals surface area contributed by atoms with E-state index >= 15 is 0 Å². The fraction of sp³-hybridized carbons (Fsp3) is 0.500. The van der Waals surface area contributed by atoms with Gasteiger partial charge in [-0.05, 0) is 48.3 Å². The van der Waals surface area contributed by atoms with Crippen molar-refractivity contribution < 1.29 is 0 Å². The third-order valence-electron chi connectivity index (χ3n) is 2.57. The van der Waals surface area contributed by atoms with E-state index in [1.54, 1.807) is 0 Å². The van der Waals surface area contributed by atoms with E-state index < -0.39 is 0 Å². The standard InChI is InChI=1S/C14H19NS/c1-11(2)6-7-16-10-14-5-4-13(9-15)8-12(14)3/h4-5,8,11H,6-7,10H2,1-3H3. The molecule has 1 nitrogen and oxygen atoms in total. The molecule has 86 valence electrons. The molecule has 0 unspecified atom stereocenters. The van der Waals surface area contributed by atoms with Crippen molar-refractivity contribution >= 4 is 11.8 Å². The van der Waals surface area contributed by atoms with Gasteiger partial charge in [-0.2, -0.15) is 17.0 Å². The molecule has 0 aliphatic heterocycles. The zero-order valence-corrected chi connectivity index (χ0v) is 11.1. The van der Waals surface area contributed by atoms with Crippen LogP contribution in [0.2, 0.25) is 0 Å². The van der Waals surface area contributed by atoms with Gasteiger partial charge in [0.1, 0.15) is 0 Å². The molecule has 0 aliphatic rings. The minimum atomic E-state index is 0.758. The Balaban J connectivity index is 2.46. The molecule has 0 N–H and O–H groups in total. The lowest BCUT2D eigenvalue weighted by Gasteiger charge is -2.07. The second-order valence-corrected chi connectivity index (χ2v) is 5.59. The largest absolute Gasteiger partial charge is 0.192 e. The maximum Gasteiger partial charge on any atom is 0.0991 e. The van der Waals surface area contributed by atoms with Crippen LogP contribution in [0.15, 0.2) is 18.2 Å². The van der Waals surface area contributed by atoms with Crippen LogP contribution in [0.3, 0.4) is 0 Å². The lowest BCUT2D eigenvalue weighted by Crippen LogP contribution is -1.92. The van der Waals surface area contributed by atoms with Crippen molar-refractivity contribution in [2.24, 2.45) is 5.92 Å². The van der Waals surface area contributed by atoms with E-state index in [1.807, 2.05) is 23.9 Å². The summed E-state index contributed by atoms with van der Waals surface area (Å²) in [6.07, 6.45) is 1.28. The molecule has 0 fully saturated rings. The van der Waals surface area contributed by atoms with E-state index in [9.17, 15) is 0 Å². The van der Waals surface area contributed by atoms with Crippen LogP contribution in [0.5, 0.6) is 0 Å². The summed E-state index contributed by atoms with van der Waals surface area (Å²) in [6.45, 7) is 6.60. The Morgan fingerprint density at radius 3 is 2.69 bits per heavy atom. The Kier molecular flexibility index (Phi) is 5.42. The van der Waals surface area contributed by atoms with E-state index in [-0.39, 0.29) is 0 Å². The molecule has 0 saturated heterocycles. The normalized spacial score (nSPS) is 10.4. The van der Waals surface area contributed by atoms with E-state index in [0.29, 0.717) is 0 Å². The van der Waals surface area contributed by atoms with Gasteiger partial charge in [-0.25, -0.2) is 0 Å². The van der Waals surface area contributed by atoms with Gasteiger partial charge in [-0.1, -0.05) is 19.9 Å². The van der Waals surface area contributed by atoms with Crippen LogP contribution >= 0.6 is 11.8 Å².